The van der Waals surface area contributed by atoms with E-state index in [-0.39, 0.29) is 0 Å². The third-order valence-corrected chi connectivity index (χ3v) is 0.954. The van der Waals surface area contributed by atoms with Crippen LogP contribution in [-0.2, 0) is 0 Å². The van der Waals surface area contributed by atoms with E-state index in [4.69, 9.17) is 5.73 Å². The van der Waals surface area contributed by atoms with Gasteiger partial charge in [-0.05, 0) is 5.92 Å². The van der Waals surface area contributed by atoms with Crippen LogP contribution in [0.4, 0.5) is 0 Å². The molecule has 0 bridgehead atoms. The van der Waals surface area contributed by atoms with Gasteiger partial charge in [-0.3, -0.25) is 9.98 Å². The molecule has 0 saturated carbocycles. The van der Waals surface area contributed by atoms with Gasteiger partial charge < -0.3 is 5.73 Å². The van der Waals surface area contributed by atoms with Gasteiger partial charge in [0, 0.05) is 25.7 Å². The monoisotopic (exact) mass is 153 g/mol. The molecule has 0 aliphatic heterocycles. The molecule has 0 heterocycles. The van der Waals surface area contributed by atoms with Gasteiger partial charge in [-0.2, -0.15) is 0 Å². The number of nitrogens with two attached hydrogens (primary N) is 1. The van der Waals surface area contributed by atoms with Crippen molar-refractivity contribution in [1.82, 2.24) is 0 Å². The molecule has 0 aliphatic carbocycles. The van der Waals surface area contributed by atoms with Crippen LogP contribution in [0, 0.1) is 5.92 Å². The van der Waals surface area contributed by atoms with Crippen LogP contribution in [0.3, 0.4) is 0 Å². The number of hydrogen-bond acceptors (Lipinski definition) is 3. The Labute approximate surface area is 67.7 Å². The van der Waals surface area contributed by atoms with Gasteiger partial charge in [-0.1, -0.05) is 13.8 Å². The molecule has 62 valence electrons. The van der Waals surface area contributed by atoms with E-state index in [1.807, 2.05) is 6.21 Å². The van der Waals surface area contributed by atoms with E-state index in [1.165, 1.54) is 6.20 Å². The lowest BCUT2D eigenvalue weighted by Gasteiger charge is -1.93. The number of allylic oxidation sites excluding steroid dienone is 1. The summed E-state index contributed by atoms with van der Waals surface area (Å²) in [6.45, 7) is 4.11. The van der Waals surface area contributed by atoms with Gasteiger partial charge in [0.05, 0.1) is 5.70 Å². The first-order chi connectivity index (χ1) is 5.20. The minimum absolute atomic E-state index is 0.440. The van der Waals surface area contributed by atoms with E-state index in [1.54, 1.807) is 13.3 Å². The normalized spacial score (nSPS) is 14.0. The van der Waals surface area contributed by atoms with Crippen LogP contribution in [0.25, 0.3) is 0 Å². The Morgan fingerprint density at radius 3 is 2.45 bits per heavy atom. The second-order valence-corrected chi connectivity index (χ2v) is 2.50. The molecule has 0 rings (SSSR count). The predicted molar refractivity (Wildman–Crippen MR) is 50.0 cm³/mol. The molecular weight excluding hydrogens is 138 g/mol. The van der Waals surface area contributed by atoms with Crippen molar-refractivity contribution >= 4 is 12.4 Å². The van der Waals surface area contributed by atoms with Crippen LogP contribution in [0.15, 0.2) is 21.9 Å². The van der Waals surface area contributed by atoms with Crippen LogP contribution in [-0.4, -0.2) is 19.5 Å². The Kier molecular flexibility index (Phi) is 5.07. The van der Waals surface area contributed by atoms with Crippen molar-refractivity contribution in [3.63, 3.8) is 0 Å². The number of nitrogens with zero attached hydrogens (tertiary/aromatic N) is 2. The van der Waals surface area contributed by atoms with Crippen LogP contribution < -0.4 is 5.73 Å². The van der Waals surface area contributed by atoms with Crippen LogP contribution in [0.5, 0.6) is 0 Å². The summed E-state index contributed by atoms with van der Waals surface area (Å²) < 4.78 is 0. The van der Waals surface area contributed by atoms with E-state index in [0.717, 1.165) is 0 Å². The Bertz CT molecular complexity index is 178. The average molecular weight is 153 g/mol. The molecule has 0 aromatic heterocycles. The average Bonchev–Trinajstić information content (AvgIpc) is 1.97. The predicted octanol–water partition coefficient (Wildman–Crippen LogP) is 1.21. The molecule has 0 radical (unpaired) electrons. The van der Waals surface area contributed by atoms with E-state index >= 15 is 0 Å². The molecule has 0 aromatic rings. The molecule has 0 fully saturated rings. The lowest BCUT2D eigenvalue weighted by Crippen LogP contribution is -1.92. The zero-order chi connectivity index (χ0) is 8.69. The molecule has 3 heteroatoms. The third-order valence-electron chi connectivity index (χ3n) is 0.954. The molecule has 0 spiro atoms. The largest absolute Gasteiger partial charge is 0.403 e. The highest BCUT2D eigenvalue weighted by Gasteiger charge is 1.87. The van der Waals surface area contributed by atoms with Gasteiger partial charge in [-0.25, -0.2) is 0 Å². The Hall–Kier alpha value is -1.12. The van der Waals surface area contributed by atoms with E-state index in [0.29, 0.717) is 11.6 Å². The third kappa shape index (κ3) is 5.33. The van der Waals surface area contributed by atoms with Crippen molar-refractivity contribution in [2.24, 2.45) is 21.6 Å². The summed E-state index contributed by atoms with van der Waals surface area (Å²) in [6, 6.07) is 0. The van der Waals surface area contributed by atoms with Crippen molar-refractivity contribution in [3.8, 4) is 0 Å². The first-order valence-corrected chi connectivity index (χ1v) is 3.59. The summed E-state index contributed by atoms with van der Waals surface area (Å²) >= 11 is 0. The quantitative estimate of drug-likeness (QED) is 0.609. The van der Waals surface area contributed by atoms with Crippen molar-refractivity contribution in [1.29, 1.82) is 0 Å². The first kappa shape index (κ1) is 9.88. The summed E-state index contributed by atoms with van der Waals surface area (Å²) in [5.41, 5.74) is 5.97. The van der Waals surface area contributed by atoms with Gasteiger partial charge in [0.15, 0.2) is 0 Å². The SMILES string of the molecule is CN=CC(=CN)N=CC(C)C. The molecule has 0 saturated heterocycles. The van der Waals surface area contributed by atoms with E-state index in [2.05, 4.69) is 23.8 Å². The van der Waals surface area contributed by atoms with Crippen molar-refractivity contribution in [2.45, 2.75) is 13.8 Å². The second kappa shape index (κ2) is 5.65. The summed E-state index contributed by atoms with van der Waals surface area (Å²) in [5.74, 6) is 0.440. The lowest BCUT2D eigenvalue weighted by atomic mass is 10.2. The fourth-order valence-corrected chi connectivity index (χ4v) is 0.487. The molecule has 0 aromatic carbocycles. The standard InChI is InChI=1S/C8H15N3/c1-7(2)5-11-8(4-9)6-10-3/h4-7H,9H2,1-3H3. The Morgan fingerprint density at radius 2 is 2.09 bits per heavy atom. The fourth-order valence-electron chi connectivity index (χ4n) is 0.487. The van der Waals surface area contributed by atoms with Crippen molar-refractivity contribution < 1.29 is 0 Å². The van der Waals surface area contributed by atoms with Crippen molar-refractivity contribution in [2.75, 3.05) is 7.05 Å². The van der Waals surface area contributed by atoms with Crippen molar-refractivity contribution in [3.05, 3.63) is 11.9 Å². The lowest BCUT2D eigenvalue weighted by molar-refractivity contribution is 0.906. The number of aliphatic imine (C=N–C) groups is 2. The topological polar surface area (TPSA) is 50.7 Å². The van der Waals surface area contributed by atoms with E-state index in [9.17, 15) is 0 Å². The zero-order valence-corrected chi connectivity index (χ0v) is 7.28. The molecule has 11 heavy (non-hydrogen) atoms. The van der Waals surface area contributed by atoms with Crippen LogP contribution >= 0.6 is 0 Å². The summed E-state index contributed by atoms with van der Waals surface area (Å²) in [6.07, 6.45) is 4.89. The molecule has 0 unspecified atom stereocenters. The summed E-state index contributed by atoms with van der Waals surface area (Å²) in [7, 11) is 1.69. The minimum atomic E-state index is 0.440. The Balaban J connectivity index is 4.10. The molecule has 0 amide bonds. The van der Waals surface area contributed by atoms with Crippen LogP contribution in [0.1, 0.15) is 13.8 Å². The molecule has 0 atom stereocenters. The number of rotatable bonds is 3. The number of hydrogen-bond donors (Lipinski definition) is 1. The van der Waals surface area contributed by atoms with E-state index < -0.39 is 0 Å². The second-order valence-electron chi connectivity index (χ2n) is 2.50. The zero-order valence-electron chi connectivity index (χ0n) is 7.28. The molecule has 2 N–H and O–H groups in total. The summed E-state index contributed by atoms with van der Waals surface area (Å²) in [4.78, 5) is 7.89. The minimum Gasteiger partial charge on any atom is -0.403 e. The fraction of sp³-hybridized carbons (Fsp3) is 0.500. The molecule has 3 nitrogen and oxygen atoms in total. The maximum absolute atomic E-state index is 5.28. The molecular formula is C8H15N3. The maximum atomic E-state index is 5.28. The van der Waals surface area contributed by atoms with Gasteiger partial charge >= 0.3 is 0 Å². The van der Waals surface area contributed by atoms with Gasteiger partial charge in [0.1, 0.15) is 0 Å². The van der Waals surface area contributed by atoms with Gasteiger partial charge in [0.25, 0.3) is 0 Å². The smallest absolute Gasteiger partial charge is 0.0958 e. The maximum Gasteiger partial charge on any atom is 0.0958 e. The molecule has 0 aliphatic rings. The van der Waals surface area contributed by atoms with Gasteiger partial charge in [0.2, 0.25) is 0 Å². The Morgan fingerprint density at radius 1 is 1.45 bits per heavy atom. The van der Waals surface area contributed by atoms with Gasteiger partial charge in [-0.15, -0.1) is 0 Å². The highest BCUT2D eigenvalue weighted by molar-refractivity contribution is 5.80. The van der Waals surface area contributed by atoms with Crippen LogP contribution in [0.2, 0.25) is 0 Å². The first-order valence-electron chi connectivity index (χ1n) is 3.59. The highest BCUT2D eigenvalue weighted by atomic mass is 14.8. The highest BCUT2D eigenvalue weighted by Crippen LogP contribution is 1.92. The summed E-state index contributed by atoms with van der Waals surface area (Å²) in [5, 5.41) is 0.